The summed E-state index contributed by atoms with van der Waals surface area (Å²) in [5.41, 5.74) is 6.25. The number of halogens is 1. The van der Waals surface area contributed by atoms with Crippen LogP contribution in [0.1, 0.15) is 12.8 Å². The summed E-state index contributed by atoms with van der Waals surface area (Å²) in [5, 5.41) is 0.563. The third-order valence-electron chi connectivity index (χ3n) is 1.83. The van der Waals surface area contributed by atoms with Crippen molar-refractivity contribution in [1.29, 1.82) is 0 Å². The molecule has 0 heterocycles. The Labute approximate surface area is 76.3 Å². The molecule has 1 aromatic rings. The minimum atomic E-state index is 0.366. The molecule has 1 aromatic carbocycles. The van der Waals surface area contributed by atoms with Gasteiger partial charge in [-0.15, -0.1) is 0 Å². The highest BCUT2D eigenvalue weighted by molar-refractivity contribution is 6.33. The average Bonchev–Trinajstić information content (AvgIpc) is 2.83. The molecule has 0 spiro atoms. The Kier molecular flexibility index (Phi) is 1.85. The minimum Gasteiger partial charge on any atom is -0.488 e. The van der Waals surface area contributed by atoms with Gasteiger partial charge in [0.05, 0.1) is 16.8 Å². The maximum absolute atomic E-state index is 5.81. The number of anilines is 1. The molecule has 1 aliphatic carbocycles. The van der Waals surface area contributed by atoms with Crippen molar-refractivity contribution in [3.63, 3.8) is 0 Å². The third-order valence-corrected chi connectivity index (χ3v) is 2.16. The molecule has 0 radical (unpaired) electrons. The van der Waals surface area contributed by atoms with Crippen molar-refractivity contribution in [2.24, 2.45) is 0 Å². The number of nitrogens with two attached hydrogens (primary N) is 1. The van der Waals surface area contributed by atoms with E-state index >= 15 is 0 Å². The second-order valence-corrected chi connectivity index (χ2v) is 3.38. The number of hydrogen-bond acceptors (Lipinski definition) is 2. The lowest BCUT2D eigenvalue weighted by Crippen LogP contribution is -1.99. The van der Waals surface area contributed by atoms with Gasteiger partial charge in [0.25, 0.3) is 0 Å². The molecule has 0 bridgehead atoms. The topological polar surface area (TPSA) is 35.2 Å². The fourth-order valence-electron chi connectivity index (χ4n) is 0.985. The molecule has 2 N–H and O–H groups in total. The van der Waals surface area contributed by atoms with Crippen LogP contribution in [0.3, 0.4) is 0 Å². The fourth-order valence-corrected chi connectivity index (χ4v) is 1.15. The van der Waals surface area contributed by atoms with Crippen molar-refractivity contribution in [2.75, 3.05) is 5.73 Å². The van der Waals surface area contributed by atoms with Gasteiger partial charge in [0.15, 0.2) is 0 Å². The normalized spacial score (nSPS) is 16.1. The first-order valence-electron chi connectivity index (χ1n) is 3.98. The second kappa shape index (κ2) is 2.87. The van der Waals surface area contributed by atoms with Crippen LogP contribution in [0.15, 0.2) is 18.2 Å². The molecule has 0 aliphatic heterocycles. The summed E-state index contributed by atoms with van der Waals surface area (Å²) in [6, 6.07) is 5.45. The van der Waals surface area contributed by atoms with E-state index in [9.17, 15) is 0 Å². The molecule has 0 amide bonds. The van der Waals surface area contributed by atoms with Gasteiger partial charge >= 0.3 is 0 Å². The van der Waals surface area contributed by atoms with Crippen molar-refractivity contribution in [3.8, 4) is 5.75 Å². The monoisotopic (exact) mass is 183 g/mol. The summed E-state index contributed by atoms with van der Waals surface area (Å²) < 4.78 is 5.53. The van der Waals surface area contributed by atoms with Crippen molar-refractivity contribution in [1.82, 2.24) is 0 Å². The lowest BCUT2D eigenvalue weighted by atomic mass is 10.3. The predicted octanol–water partition coefficient (Wildman–Crippen LogP) is 2.46. The van der Waals surface area contributed by atoms with Crippen LogP contribution in [0, 0.1) is 0 Å². The van der Waals surface area contributed by atoms with Crippen molar-refractivity contribution in [2.45, 2.75) is 18.9 Å². The van der Waals surface area contributed by atoms with Crippen LogP contribution in [0.2, 0.25) is 5.02 Å². The first-order valence-corrected chi connectivity index (χ1v) is 4.36. The Morgan fingerprint density at radius 2 is 2.17 bits per heavy atom. The van der Waals surface area contributed by atoms with Crippen molar-refractivity contribution in [3.05, 3.63) is 23.2 Å². The summed E-state index contributed by atoms with van der Waals surface area (Å²) in [6.45, 7) is 0. The van der Waals surface area contributed by atoms with Gasteiger partial charge in [0, 0.05) is 0 Å². The highest BCUT2D eigenvalue weighted by Crippen LogP contribution is 2.33. The quantitative estimate of drug-likeness (QED) is 0.715. The van der Waals surface area contributed by atoms with E-state index in [-0.39, 0.29) is 0 Å². The average molecular weight is 184 g/mol. The van der Waals surface area contributed by atoms with Gasteiger partial charge in [-0.05, 0) is 25.0 Å². The zero-order valence-electron chi connectivity index (χ0n) is 6.59. The Morgan fingerprint density at radius 1 is 1.42 bits per heavy atom. The van der Waals surface area contributed by atoms with E-state index in [1.165, 1.54) is 0 Å². The van der Waals surface area contributed by atoms with Crippen LogP contribution >= 0.6 is 11.6 Å². The summed E-state index contributed by atoms with van der Waals surface area (Å²) in [4.78, 5) is 0. The van der Waals surface area contributed by atoms with Crippen LogP contribution in [-0.2, 0) is 0 Å². The van der Waals surface area contributed by atoms with Gasteiger partial charge in [-0.3, -0.25) is 0 Å². The Morgan fingerprint density at radius 3 is 2.83 bits per heavy atom. The molecule has 2 nitrogen and oxygen atoms in total. The maximum atomic E-state index is 5.81. The van der Waals surface area contributed by atoms with Crippen molar-refractivity contribution < 1.29 is 4.74 Å². The number of nitrogen functional groups attached to an aromatic ring is 1. The molecule has 64 valence electrons. The molecular weight excluding hydrogens is 174 g/mol. The molecule has 1 fully saturated rings. The van der Waals surface area contributed by atoms with E-state index in [2.05, 4.69) is 0 Å². The highest BCUT2D eigenvalue weighted by atomic mass is 35.5. The molecule has 1 aliphatic rings. The van der Waals surface area contributed by atoms with Gasteiger partial charge in [-0.1, -0.05) is 17.7 Å². The second-order valence-electron chi connectivity index (χ2n) is 2.97. The summed E-state index contributed by atoms with van der Waals surface area (Å²) in [5.74, 6) is 0.713. The molecule has 0 saturated heterocycles. The molecular formula is C9H10ClNO. The Balaban J connectivity index is 2.23. The van der Waals surface area contributed by atoms with E-state index in [0.717, 1.165) is 12.8 Å². The largest absolute Gasteiger partial charge is 0.488 e. The molecule has 0 atom stereocenters. The van der Waals surface area contributed by atoms with Gasteiger partial charge in [0.1, 0.15) is 5.75 Å². The van der Waals surface area contributed by atoms with Gasteiger partial charge in [-0.25, -0.2) is 0 Å². The first kappa shape index (κ1) is 7.74. The fraction of sp³-hybridized carbons (Fsp3) is 0.333. The first-order chi connectivity index (χ1) is 5.77. The van der Waals surface area contributed by atoms with Crippen molar-refractivity contribution >= 4 is 17.3 Å². The Bertz CT molecular complexity index is 297. The predicted molar refractivity (Wildman–Crippen MR) is 49.5 cm³/mol. The van der Waals surface area contributed by atoms with Crippen LogP contribution in [0.25, 0.3) is 0 Å². The van der Waals surface area contributed by atoms with E-state index in [0.29, 0.717) is 22.6 Å². The standard InChI is InChI=1S/C9H10ClNO/c10-7-2-1-3-8(9(7)11)12-6-4-5-6/h1-3,6H,4-5,11H2. The summed E-state index contributed by atoms with van der Waals surface area (Å²) in [7, 11) is 0. The number of hydrogen-bond donors (Lipinski definition) is 1. The maximum Gasteiger partial charge on any atom is 0.144 e. The van der Waals surface area contributed by atoms with E-state index < -0.39 is 0 Å². The molecule has 0 unspecified atom stereocenters. The van der Waals surface area contributed by atoms with Crippen LogP contribution < -0.4 is 10.5 Å². The van der Waals surface area contributed by atoms with Gasteiger partial charge in [-0.2, -0.15) is 0 Å². The Hall–Kier alpha value is -0.890. The molecule has 2 rings (SSSR count). The number of ether oxygens (including phenoxy) is 1. The van der Waals surface area contributed by atoms with Gasteiger partial charge in [0.2, 0.25) is 0 Å². The number of benzene rings is 1. The van der Waals surface area contributed by atoms with Crippen LogP contribution in [0.5, 0.6) is 5.75 Å². The summed E-state index contributed by atoms with van der Waals surface area (Å²) >= 11 is 5.81. The third kappa shape index (κ3) is 1.48. The molecule has 1 saturated carbocycles. The SMILES string of the molecule is Nc1c(Cl)cccc1OC1CC1. The zero-order chi connectivity index (χ0) is 8.55. The van der Waals surface area contributed by atoms with E-state index in [1.54, 1.807) is 6.07 Å². The number of para-hydroxylation sites is 1. The zero-order valence-corrected chi connectivity index (χ0v) is 7.34. The molecule has 12 heavy (non-hydrogen) atoms. The summed E-state index contributed by atoms with van der Waals surface area (Å²) in [6.07, 6.45) is 2.63. The lowest BCUT2D eigenvalue weighted by molar-refractivity contribution is 0.305. The highest BCUT2D eigenvalue weighted by Gasteiger charge is 2.24. The van der Waals surface area contributed by atoms with Crippen LogP contribution in [-0.4, -0.2) is 6.10 Å². The smallest absolute Gasteiger partial charge is 0.144 e. The minimum absolute atomic E-state index is 0.366. The lowest BCUT2D eigenvalue weighted by Gasteiger charge is -2.07. The van der Waals surface area contributed by atoms with E-state index in [1.807, 2.05) is 12.1 Å². The van der Waals surface area contributed by atoms with Gasteiger partial charge < -0.3 is 10.5 Å². The number of rotatable bonds is 2. The molecule has 3 heteroatoms. The van der Waals surface area contributed by atoms with Crippen LogP contribution in [0.4, 0.5) is 5.69 Å². The van der Waals surface area contributed by atoms with E-state index in [4.69, 9.17) is 22.1 Å². The molecule has 0 aromatic heterocycles.